The highest BCUT2D eigenvalue weighted by atomic mass is 16.6. The van der Waals surface area contributed by atoms with Gasteiger partial charge in [-0.25, -0.2) is 0 Å². The van der Waals surface area contributed by atoms with Gasteiger partial charge in [0.25, 0.3) is 0 Å². The molecule has 1 aromatic carbocycles. The zero-order chi connectivity index (χ0) is 9.97. The Bertz CT molecular complexity index is 379. The molecule has 72 valence electrons. The minimum absolute atomic E-state index is 0.0460. The highest BCUT2D eigenvalue weighted by Crippen LogP contribution is 2.27. The molecule has 0 bridgehead atoms. The summed E-state index contributed by atoms with van der Waals surface area (Å²) in [4.78, 5) is 0. The van der Waals surface area contributed by atoms with E-state index in [2.05, 4.69) is 0 Å². The third-order valence-electron chi connectivity index (χ3n) is 1.92. The molecule has 1 saturated heterocycles. The first-order valence-corrected chi connectivity index (χ1v) is 4.27. The molecule has 0 aliphatic carbocycles. The number of aromatic hydroxyl groups is 1. The molecule has 1 N–H and O–H groups in total. The first-order valence-electron chi connectivity index (χ1n) is 4.27. The van der Waals surface area contributed by atoms with Gasteiger partial charge in [0.2, 0.25) is 0 Å². The second-order valence-electron chi connectivity index (χ2n) is 3.06. The number of rotatable bonds is 3. The van der Waals surface area contributed by atoms with E-state index in [0.29, 0.717) is 24.5 Å². The van der Waals surface area contributed by atoms with Crippen LogP contribution in [0.1, 0.15) is 5.56 Å². The average molecular weight is 191 g/mol. The summed E-state index contributed by atoms with van der Waals surface area (Å²) in [6.07, 6.45) is 0.139. The summed E-state index contributed by atoms with van der Waals surface area (Å²) in [6.45, 7) is 1.13. The number of ether oxygens (including phenoxy) is 2. The van der Waals surface area contributed by atoms with E-state index in [4.69, 9.17) is 14.7 Å². The molecule has 4 nitrogen and oxygen atoms in total. The molecule has 0 spiro atoms. The normalized spacial score (nSPS) is 18.6. The molecule has 14 heavy (non-hydrogen) atoms. The molecule has 1 fully saturated rings. The van der Waals surface area contributed by atoms with Crippen molar-refractivity contribution in [3.63, 3.8) is 0 Å². The summed E-state index contributed by atoms with van der Waals surface area (Å²) in [5.74, 6) is 0.379. The Morgan fingerprint density at radius 2 is 2.43 bits per heavy atom. The van der Waals surface area contributed by atoms with Gasteiger partial charge >= 0.3 is 0 Å². The third-order valence-corrected chi connectivity index (χ3v) is 1.92. The van der Waals surface area contributed by atoms with Crippen molar-refractivity contribution < 1.29 is 14.6 Å². The summed E-state index contributed by atoms with van der Waals surface area (Å²) in [5.41, 5.74) is 0.467. The first-order chi connectivity index (χ1) is 6.79. The van der Waals surface area contributed by atoms with Crippen molar-refractivity contribution in [1.82, 2.24) is 0 Å². The predicted molar refractivity (Wildman–Crippen MR) is 48.1 cm³/mol. The number of nitrogens with zero attached hydrogens (tertiary/aromatic N) is 1. The lowest BCUT2D eigenvalue weighted by atomic mass is 10.2. The Hall–Kier alpha value is -1.73. The Kier molecular flexibility index (Phi) is 2.25. The average Bonchev–Trinajstić information content (AvgIpc) is 3.00. The predicted octanol–water partition coefficient (Wildman–Crippen LogP) is 1.04. The largest absolute Gasteiger partial charge is 0.504 e. The zero-order valence-electron chi connectivity index (χ0n) is 7.43. The standard InChI is InChI=1S/C10H9NO3/c11-4-7-1-2-9(12)10(3-7)14-6-8-5-13-8/h1-3,8,12H,5-6H2. The number of nitriles is 1. The van der Waals surface area contributed by atoms with Crippen molar-refractivity contribution in [2.45, 2.75) is 6.10 Å². The molecule has 0 aromatic heterocycles. The van der Waals surface area contributed by atoms with Crippen molar-refractivity contribution in [3.8, 4) is 17.6 Å². The van der Waals surface area contributed by atoms with Gasteiger partial charge in [-0.2, -0.15) is 5.26 Å². The molecular weight excluding hydrogens is 182 g/mol. The lowest BCUT2D eigenvalue weighted by molar-refractivity contribution is 0.254. The lowest BCUT2D eigenvalue weighted by Gasteiger charge is -2.05. The zero-order valence-corrected chi connectivity index (χ0v) is 7.43. The SMILES string of the molecule is N#Cc1ccc(O)c(OCC2CO2)c1. The van der Waals surface area contributed by atoms with Crippen LogP contribution in [0.2, 0.25) is 0 Å². The van der Waals surface area contributed by atoms with Crippen LogP contribution in [-0.4, -0.2) is 24.4 Å². The van der Waals surface area contributed by atoms with Gasteiger partial charge < -0.3 is 14.6 Å². The van der Waals surface area contributed by atoms with Crippen LogP contribution in [0, 0.1) is 11.3 Å². The van der Waals surface area contributed by atoms with E-state index < -0.39 is 0 Å². The van der Waals surface area contributed by atoms with Crippen LogP contribution < -0.4 is 4.74 Å². The van der Waals surface area contributed by atoms with Gasteiger partial charge in [0.05, 0.1) is 18.2 Å². The monoisotopic (exact) mass is 191 g/mol. The fourth-order valence-corrected chi connectivity index (χ4v) is 1.05. The number of phenolic OH excluding ortho intramolecular Hbond substituents is 1. The van der Waals surface area contributed by atoms with Gasteiger partial charge in [0.1, 0.15) is 12.7 Å². The summed E-state index contributed by atoms with van der Waals surface area (Å²) >= 11 is 0. The summed E-state index contributed by atoms with van der Waals surface area (Å²) < 4.78 is 10.2. The smallest absolute Gasteiger partial charge is 0.162 e. The van der Waals surface area contributed by atoms with E-state index in [-0.39, 0.29) is 11.9 Å². The maximum absolute atomic E-state index is 9.39. The number of benzene rings is 1. The van der Waals surface area contributed by atoms with E-state index in [9.17, 15) is 5.11 Å². The molecule has 1 heterocycles. The van der Waals surface area contributed by atoms with Gasteiger partial charge in [0, 0.05) is 6.07 Å². The molecule has 1 aliphatic rings. The molecule has 1 aliphatic heterocycles. The Morgan fingerprint density at radius 3 is 3.07 bits per heavy atom. The summed E-state index contributed by atoms with van der Waals surface area (Å²) in [5, 5.41) is 18.0. The summed E-state index contributed by atoms with van der Waals surface area (Å²) in [7, 11) is 0. The number of hydrogen-bond acceptors (Lipinski definition) is 4. The third kappa shape index (κ3) is 1.95. The highest BCUT2D eigenvalue weighted by molar-refractivity contribution is 5.45. The van der Waals surface area contributed by atoms with Gasteiger partial charge in [-0.3, -0.25) is 0 Å². The van der Waals surface area contributed by atoms with Crippen molar-refractivity contribution in [1.29, 1.82) is 5.26 Å². The molecule has 0 saturated carbocycles. The van der Waals surface area contributed by atoms with Crippen molar-refractivity contribution in [3.05, 3.63) is 23.8 Å². The quantitative estimate of drug-likeness (QED) is 0.725. The van der Waals surface area contributed by atoms with Crippen LogP contribution in [0.5, 0.6) is 11.5 Å². The van der Waals surface area contributed by atoms with Crippen LogP contribution in [0.4, 0.5) is 0 Å². The van der Waals surface area contributed by atoms with E-state index in [0.717, 1.165) is 0 Å². The topological polar surface area (TPSA) is 65.8 Å². The molecule has 4 heteroatoms. The minimum Gasteiger partial charge on any atom is -0.504 e. The van der Waals surface area contributed by atoms with Gasteiger partial charge in [-0.15, -0.1) is 0 Å². The Morgan fingerprint density at radius 1 is 1.64 bits per heavy atom. The van der Waals surface area contributed by atoms with E-state index >= 15 is 0 Å². The van der Waals surface area contributed by atoms with Crippen LogP contribution in [-0.2, 0) is 4.74 Å². The molecule has 1 unspecified atom stereocenters. The molecule has 2 rings (SSSR count). The highest BCUT2D eigenvalue weighted by Gasteiger charge is 2.23. The van der Waals surface area contributed by atoms with Crippen molar-refractivity contribution in [2.24, 2.45) is 0 Å². The van der Waals surface area contributed by atoms with E-state index in [1.807, 2.05) is 6.07 Å². The fraction of sp³-hybridized carbons (Fsp3) is 0.300. The van der Waals surface area contributed by atoms with Gasteiger partial charge in [-0.1, -0.05) is 0 Å². The number of hydrogen-bond donors (Lipinski definition) is 1. The van der Waals surface area contributed by atoms with Crippen LogP contribution in [0.3, 0.4) is 0 Å². The minimum atomic E-state index is 0.0460. The molecule has 1 atom stereocenters. The maximum Gasteiger partial charge on any atom is 0.162 e. The van der Waals surface area contributed by atoms with Crippen molar-refractivity contribution >= 4 is 0 Å². The Labute approximate surface area is 81.3 Å². The first kappa shape index (κ1) is 8.85. The van der Waals surface area contributed by atoms with Crippen LogP contribution in [0.15, 0.2) is 18.2 Å². The van der Waals surface area contributed by atoms with Crippen LogP contribution in [0.25, 0.3) is 0 Å². The second kappa shape index (κ2) is 3.56. The number of phenols is 1. The Balaban J connectivity index is 2.09. The fourth-order valence-electron chi connectivity index (χ4n) is 1.05. The maximum atomic E-state index is 9.39. The van der Waals surface area contributed by atoms with E-state index in [1.165, 1.54) is 18.2 Å². The van der Waals surface area contributed by atoms with Gasteiger partial charge in [-0.05, 0) is 12.1 Å². The number of epoxide rings is 1. The summed E-state index contributed by atoms with van der Waals surface area (Å²) in [6, 6.07) is 6.47. The molecule has 0 amide bonds. The van der Waals surface area contributed by atoms with E-state index in [1.54, 1.807) is 0 Å². The van der Waals surface area contributed by atoms with Gasteiger partial charge in [0.15, 0.2) is 11.5 Å². The molecular formula is C10H9NO3. The molecule has 0 radical (unpaired) electrons. The van der Waals surface area contributed by atoms with Crippen LogP contribution >= 0.6 is 0 Å². The second-order valence-corrected chi connectivity index (χ2v) is 3.06. The van der Waals surface area contributed by atoms with Crippen molar-refractivity contribution in [2.75, 3.05) is 13.2 Å². The lowest BCUT2D eigenvalue weighted by Crippen LogP contribution is -2.04. The molecule has 1 aromatic rings.